The molecule has 7 nitrogen and oxygen atoms in total. The lowest BCUT2D eigenvalue weighted by molar-refractivity contribution is -0.146. The number of fused-ring (bicyclic) bond motifs is 2. The summed E-state index contributed by atoms with van der Waals surface area (Å²) >= 11 is 0. The highest BCUT2D eigenvalue weighted by atomic mass is 16.7. The van der Waals surface area contributed by atoms with Crippen molar-refractivity contribution in [3.05, 3.63) is 36.4 Å². The van der Waals surface area contributed by atoms with Crippen molar-refractivity contribution in [2.45, 2.75) is 26.7 Å². The maximum atomic E-state index is 12.8. The molecule has 2 heterocycles. The molecule has 1 unspecified atom stereocenters. The third kappa shape index (κ3) is 3.65. The maximum absolute atomic E-state index is 12.8. The van der Waals surface area contributed by atoms with E-state index in [9.17, 15) is 4.79 Å². The number of hydrogen-bond acceptors (Lipinski definition) is 7. The second-order valence-corrected chi connectivity index (χ2v) is 6.93. The van der Waals surface area contributed by atoms with Gasteiger partial charge in [-0.2, -0.15) is 0 Å². The number of carbonyl (C=O) groups excluding carboxylic acids is 1. The van der Waals surface area contributed by atoms with Gasteiger partial charge in [0.25, 0.3) is 0 Å². The molecule has 2 aliphatic rings. The topological polar surface area (TPSA) is 72.5 Å². The first-order chi connectivity index (χ1) is 13.6. The maximum Gasteiger partial charge on any atom is 0.317 e. The molecule has 0 saturated heterocycles. The normalized spacial score (nSPS) is 15.8. The van der Waals surface area contributed by atoms with Crippen LogP contribution in [0.25, 0.3) is 0 Å². The number of rotatable bonds is 7. The molecule has 7 heteroatoms. The summed E-state index contributed by atoms with van der Waals surface area (Å²) in [5, 5.41) is 0. The molecule has 0 aromatic heterocycles. The van der Waals surface area contributed by atoms with Gasteiger partial charge in [-0.05, 0) is 44.0 Å². The molecule has 28 heavy (non-hydrogen) atoms. The minimum Gasteiger partial charge on any atom is -0.493 e. The zero-order valence-corrected chi connectivity index (χ0v) is 15.9. The molecular formula is C21H22O7. The molecule has 0 N–H and O–H groups in total. The first-order valence-electron chi connectivity index (χ1n) is 9.22. The molecule has 0 amide bonds. The van der Waals surface area contributed by atoms with Crippen LogP contribution >= 0.6 is 0 Å². The van der Waals surface area contributed by atoms with Crippen LogP contribution < -0.4 is 28.4 Å². The third-order valence-corrected chi connectivity index (χ3v) is 5.09. The van der Waals surface area contributed by atoms with Gasteiger partial charge in [0.2, 0.25) is 13.6 Å². The Bertz CT molecular complexity index is 879. The molecule has 0 aliphatic carbocycles. The van der Waals surface area contributed by atoms with E-state index in [-0.39, 0.29) is 19.6 Å². The molecular weight excluding hydrogens is 364 g/mol. The van der Waals surface area contributed by atoms with Crippen molar-refractivity contribution in [3.63, 3.8) is 0 Å². The number of benzene rings is 2. The Labute approximate surface area is 163 Å². The van der Waals surface area contributed by atoms with Crippen LogP contribution in [0.1, 0.15) is 26.7 Å². The first-order valence-corrected chi connectivity index (χ1v) is 9.22. The van der Waals surface area contributed by atoms with Crippen molar-refractivity contribution in [1.82, 2.24) is 0 Å². The SMILES string of the molecule is CCC(C)(CCOc1ccc2c(c1)OCO2)C(=O)Oc1ccc2c(c1)OCO2. The van der Waals surface area contributed by atoms with Crippen LogP contribution in [0.15, 0.2) is 36.4 Å². The van der Waals surface area contributed by atoms with Crippen LogP contribution in [-0.2, 0) is 4.79 Å². The monoisotopic (exact) mass is 386 g/mol. The molecule has 148 valence electrons. The molecule has 4 rings (SSSR count). The summed E-state index contributed by atoms with van der Waals surface area (Å²) in [5.41, 5.74) is -0.674. The zero-order valence-electron chi connectivity index (χ0n) is 15.9. The molecule has 2 aromatic rings. The number of ether oxygens (including phenoxy) is 6. The average Bonchev–Trinajstić information content (AvgIpc) is 3.36. The highest BCUT2D eigenvalue weighted by Gasteiger charge is 2.34. The minimum absolute atomic E-state index is 0.177. The van der Waals surface area contributed by atoms with E-state index in [1.807, 2.05) is 26.0 Å². The van der Waals surface area contributed by atoms with Crippen molar-refractivity contribution in [3.8, 4) is 34.5 Å². The summed E-state index contributed by atoms with van der Waals surface area (Å²) in [6, 6.07) is 10.5. The lowest BCUT2D eigenvalue weighted by Gasteiger charge is -2.25. The summed E-state index contributed by atoms with van der Waals surface area (Å²) in [7, 11) is 0. The van der Waals surface area contributed by atoms with Gasteiger partial charge in [-0.3, -0.25) is 4.79 Å². The van der Waals surface area contributed by atoms with Gasteiger partial charge in [0.15, 0.2) is 23.0 Å². The number of hydrogen-bond donors (Lipinski definition) is 0. The van der Waals surface area contributed by atoms with E-state index < -0.39 is 5.41 Å². The fourth-order valence-electron chi connectivity index (χ4n) is 2.95. The van der Waals surface area contributed by atoms with Crippen LogP contribution in [0, 0.1) is 5.41 Å². The minimum atomic E-state index is -0.674. The van der Waals surface area contributed by atoms with E-state index in [1.54, 1.807) is 24.3 Å². The van der Waals surface area contributed by atoms with Crippen molar-refractivity contribution >= 4 is 5.97 Å². The van der Waals surface area contributed by atoms with Crippen LogP contribution in [0.3, 0.4) is 0 Å². The van der Waals surface area contributed by atoms with Gasteiger partial charge in [0, 0.05) is 12.1 Å². The van der Waals surface area contributed by atoms with E-state index in [0.29, 0.717) is 53.9 Å². The Morgan fingerprint density at radius 2 is 1.50 bits per heavy atom. The second kappa shape index (κ2) is 7.50. The van der Waals surface area contributed by atoms with Crippen LogP contribution in [0.2, 0.25) is 0 Å². The Kier molecular flexibility index (Phi) is 4.90. The van der Waals surface area contributed by atoms with E-state index in [4.69, 9.17) is 28.4 Å². The molecule has 0 saturated carbocycles. The summed E-state index contributed by atoms with van der Waals surface area (Å²) in [5.74, 6) is 3.40. The van der Waals surface area contributed by atoms with Gasteiger partial charge in [0.1, 0.15) is 11.5 Å². The second-order valence-electron chi connectivity index (χ2n) is 6.93. The highest BCUT2D eigenvalue weighted by molar-refractivity contribution is 5.79. The molecule has 0 spiro atoms. The number of carbonyl (C=O) groups is 1. The van der Waals surface area contributed by atoms with Crippen molar-refractivity contribution in [1.29, 1.82) is 0 Å². The third-order valence-electron chi connectivity index (χ3n) is 5.09. The standard InChI is InChI=1S/C21H22O7/c1-3-21(2,8-9-23-14-4-6-16-18(10-14)26-12-24-16)20(22)28-15-5-7-17-19(11-15)27-13-25-17/h4-7,10-11H,3,8-9,12-13H2,1-2H3. The predicted octanol–water partition coefficient (Wildman–Crippen LogP) is 3.93. The van der Waals surface area contributed by atoms with Crippen LogP contribution in [-0.4, -0.2) is 26.2 Å². The quantitative estimate of drug-likeness (QED) is 0.527. The molecule has 2 aromatic carbocycles. The van der Waals surface area contributed by atoms with Gasteiger partial charge in [-0.25, -0.2) is 0 Å². The zero-order chi connectivity index (χ0) is 19.6. The van der Waals surface area contributed by atoms with E-state index in [1.165, 1.54) is 0 Å². The summed E-state index contributed by atoms with van der Waals surface area (Å²) in [4.78, 5) is 12.8. The molecule has 2 aliphatic heterocycles. The van der Waals surface area contributed by atoms with Crippen molar-refractivity contribution in [2.24, 2.45) is 5.41 Å². The van der Waals surface area contributed by atoms with Gasteiger partial charge < -0.3 is 28.4 Å². The van der Waals surface area contributed by atoms with Crippen LogP contribution in [0.5, 0.6) is 34.5 Å². The average molecular weight is 386 g/mol. The van der Waals surface area contributed by atoms with Gasteiger partial charge in [-0.15, -0.1) is 0 Å². The van der Waals surface area contributed by atoms with E-state index in [0.717, 1.165) is 0 Å². The smallest absolute Gasteiger partial charge is 0.317 e. The van der Waals surface area contributed by atoms with Gasteiger partial charge in [-0.1, -0.05) is 6.92 Å². The fraction of sp³-hybridized carbons (Fsp3) is 0.381. The Hall–Kier alpha value is -3.09. The van der Waals surface area contributed by atoms with E-state index in [2.05, 4.69) is 0 Å². The summed E-state index contributed by atoms with van der Waals surface area (Å²) < 4.78 is 32.6. The van der Waals surface area contributed by atoms with Gasteiger partial charge in [0.05, 0.1) is 12.0 Å². The summed E-state index contributed by atoms with van der Waals surface area (Å²) in [6.45, 7) is 4.61. The summed E-state index contributed by atoms with van der Waals surface area (Å²) in [6.07, 6.45) is 1.14. The fourth-order valence-corrected chi connectivity index (χ4v) is 2.95. The highest BCUT2D eigenvalue weighted by Crippen LogP contribution is 2.37. The van der Waals surface area contributed by atoms with Crippen LogP contribution in [0.4, 0.5) is 0 Å². The molecule has 0 radical (unpaired) electrons. The van der Waals surface area contributed by atoms with Crippen molar-refractivity contribution < 1.29 is 33.2 Å². The predicted molar refractivity (Wildman–Crippen MR) is 99.3 cm³/mol. The molecule has 1 atom stereocenters. The Balaban J connectivity index is 1.35. The Morgan fingerprint density at radius 3 is 2.14 bits per heavy atom. The largest absolute Gasteiger partial charge is 0.493 e. The molecule has 0 bridgehead atoms. The Morgan fingerprint density at radius 1 is 0.929 bits per heavy atom. The number of esters is 1. The first kappa shape index (κ1) is 18.3. The van der Waals surface area contributed by atoms with Crippen molar-refractivity contribution in [2.75, 3.05) is 20.2 Å². The lowest BCUT2D eigenvalue weighted by atomic mass is 9.84. The van der Waals surface area contributed by atoms with E-state index >= 15 is 0 Å². The molecule has 0 fully saturated rings. The lowest BCUT2D eigenvalue weighted by Crippen LogP contribution is -2.33. The van der Waals surface area contributed by atoms with Gasteiger partial charge >= 0.3 is 5.97 Å².